The molecule has 240 valence electrons. The predicted molar refractivity (Wildman–Crippen MR) is 184 cm³/mol. The van der Waals surface area contributed by atoms with E-state index in [9.17, 15) is 9.18 Å². The van der Waals surface area contributed by atoms with Gasteiger partial charge in [0.15, 0.2) is 0 Å². The standard InChI is InChI=1S/C37H30ClFN6O2S/c1-19-43-44-36(47-19)30-27(12-6-20-4-9-24(39)10-5-20)41-33-28-3-2-16-45(28)37(46)32(33)31(30)29-18-22-14-15-40-35(34(22)48-29)42-26-13-7-21-17-23(38)8-11-25(21)26/h4-5,8-11,14-15,17-18,26,28H,2-3,6-7,12-13,16H2,1H3,(H,40,42)/t26?,28-/m0/s1. The molecule has 0 bridgehead atoms. The maximum absolute atomic E-state index is 14.2. The molecule has 1 unspecified atom stereocenters. The molecule has 4 aromatic heterocycles. The predicted octanol–water partition coefficient (Wildman–Crippen LogP) is 8.68. The number of hydrogen-bond donors (Lipinski definition) is 1. The Labute approximate surface area is 285 Å². The maximum Gasteiger partial charge on any atom is 0.257 e. The molecule has 8 nitrogen and oxygen atoms in total. The number of aryl methyl sites for hydroxylation is 4. The fourth-order valence-corrected chi connectivity index (χ4v) is 8.97. The van der Waals surface area contributed by atoms with Crippen molar-refractivity contribution in [3.8, 4) is 21.9 Å². The lowest BCUT2D eigenvalue weighted by Crippen LogP contribution is -2.22. The normalized spacial score (nSPS) is 18.1. The molecule has 0 saturated carbocycles. The molecule has 1 N–H and O–H groups in total. The van der Waals surface area contributed by atoms with Crippen LogP contribution in [0.3, 0.4) is 0 Å². The van der Waals surface area contributed by atoms with E-state index in [0.29, 0.717) is 42.3 Å². The van der Waals surface area contributed by atoms with E-state index < -0.39 is 0 Å². The smallest absolute Gasteiger partial charge is 0.257 e. The van der Waals surface area contributed by atoms with Crippen LogP contribution < -0.4 is 5.32 Å². The van der Waals surface area contributed by atoms with Crippen LogP contribution in [0.5, 0.6) is 0 Å². The zero-order valence-corrected chi connectivity index (χ0v) is 27.7. The topological polar surface area (TPSA) is 97.0 Å². The van der Waals surface area contributed by atoms with Crippen molar-refractivity contribution in [3.63, 3.8) is 0 Å². The molecule has 3 aliphatic rings. The second kappa shape index (κ2) is 11.5. The van der Waals surface area contributed by atoms with Crippen LogP contribution in [0.1, 0.15) is 75.7 Å². The molecule has 48 heavy (non-hydrogen) atoms. The van der Waals surface area contributed by atoms with Crippen LogP contribution in [-0.4, -0.2) is 37.5 Å². The molecule has 2 atom stereocenters. The number of hydrogen-bond acceptors (Lipinski definition) is 8. The van der Waals surface area contributed by atoms with Crippen molar-refractivity contribution in [2.75, 3.05) is 11.9 Å². The minimum atomic E-state index is -0.270. The molecular weight excluding hydrogens is 647 g/mol. The van der Waals surface area contributed by atoms with Gasteiger partial charge in [0.05, 0.1) is 39.3 Å². The van der Waals surface area contributed by atoms with Crippen LogP contribution in [0.25, 0.3) is 32.0 Å². The zero-order chi connectivity index (χ0) is 32.5. The minimum Gasteiger partial charge on any atom is -0.421 e. The van der Waals surface area contributed by atoms with E-state index in [-0.39, 0.29) is 23.8 Å². The van der Waals surface area contributed by atoms with Crippen molar-refractivity contribution >= 4 is 44.7 Å². The number of aromatic nitrogens is 4. The zero-order valence-electron chi connectivity index (χ0n) is 26.1. The number of carbonyl (C=O) groups is 1. The summed E-state index contributed by atoms with van der Waals surface area (Å²) in [5.41, 5.74) is 7.18. The van der Waals surface area contributed by atoms with Crippen LogP contribution in [0.4, 0.5) is 10.2 Å². The van der Waals surface area contributed by atoms with Gasteiger partial charge in [-0.15, -0.1) is 21.5 Å². The lowest BCUT2D eigenvalue weighted by atomic mass is 9.93. The molecule has 1 saturated heterocycles. The summed E-state index contributed by atoms with van der Waals surface area (Å²) in [4.78, 5) is 27.1. The highest BCUT2D eigenvalue weighted by Crippen LogP contribution is 2.50. The van der Waals surface area contributed by atoms with Gasteiger partial charge in [0.2, 0.25) is 11.8 Å². The number of pyridine rings is 2. The number of nitrogens with zero attached hydrogens (tertiary/aromatic N) is 5. The van der Waals surface area contributed by atoms with Crippen LogP contribution >= 0.6 is 22.9 Å². The fourth-order valence-electron chi connectivity index (χ4n) is 7.61. The molecular formula is C37H30ClFN6O2S. The SMILES string of the molecule is Cc1nnc(-c2c(CCc3ccc(F)cc3)nc3c(c2-c2cc4ccnc(NC5CCc6cc(Cl)ccc65)c4s2)C(=O)N2CCC[C@@H]32)o1. The Hall–Kier alpha value is -4.67. The molecule has 9 rings (SSSR count). The van der Waals surface area contributed by atoms with Crippen molar-refractivity contribution in [2.24, 2.45) is 0 Å². The number of rotatable bonds is 7. The van der Waals surface area contributed by atoms with Crippen molar-refractivity contribution in [1.82, 2.24) is 25.1 Å². The molecule has 0 radical (unpaired) electrons. The third-order valence-corrected chi connectivity index (χ3v) is 11.2. The van der Waals surface area contributed by atoms with Crippen LogP contribution in [0.2, 0.25) is 5.02 Å². The largest absolute Gasteiger partial charge is 0.421 e. The Morgan fingerprint density at radius 3 is 2.75 bits per heavy atom. The number of fused-ring (bicyclic) bond motifs is 5. The fraction of sp³-hybridized carbons (Fsp3) is 0.270. The van der Waals surface area contributed by atoms with E-state index in [1.165, 1.54) is 23.3 Å². The Morgan fingerprint density at radius 2 is 1.92 bits per heavy atom. The summed E-state index contributed by atoms with van der Waals surface area (Å²) in [6, 6.07) is 16.9. The average Bonchev–Trinajstić information content (AvgIpc) is 3.92. The van der Waals surface area contributed by atoms with E-state index in [4.69, 9.17) is 26.0 Å². The molecule has 1 aliphatic carbocycles. The van der Waals surface area contributed by atoms with Crippen molar-refractivity contribution in [1.29, 1.82) is 0 Å². The van der Waals surface area contributed by atoms with Gasteiger partial charge < -0.3 is 14.6 Å². The number of thiophene rings is 1. The van der Waals surface area contributed by atoms with Crippen LogP contribution in [-0.2, 0) is 19.3 Å². The Kier molecular flexibility index (Phi) is 7.05. The monoisotopic (exact) mass is 676 g/mol. The number of anilines is 1. The quantitative estimate of drug-likeness (QED) is 0.181. The second-order valence-electron chi connectivity index (χ2n) is 12.7. The third kappa shape index (κ3) is 4.88. The first-order valence-electron chi connectivity index (χ1n) is 16.3. The summed E-state index contributed by atoms with van der Waals surface area (Å²) in [5, 5.41) is 14.1. The van der Waals surface area contributed by atoms with Gasteiger partial charge in [-0.05, 0) is 97.0 Å². The number of nitrogens with one attached hydrogen (secondary N) is 1. The molecule has 2 aromatic carbocycles. The van der Waals surface area contributed by atoms with Gasteiger partial charge in [-0.1, -0.05) is 29.8 Å². The third-order valence-electron chi connectivity index (χ3n) is 9.82. The van der Waals surface area contributed by atoms with Crippen LogP contribution in [0.15, 0.2) is 65.2 Å². The highest BCUT2D eigenvalue weighted by Gasteiger charge is 2.45. The number of amides is 1. The molecule has 11 heteroatoms. The van der Waals surface area contributed by atoms with E-state index in [2.05, 4.69) is 33.7 Å². The van der Waals surface area contributed by atoms with Gasteiger partial charge in [0.1, 0.15) is 11.6 Å². The van der Waals surface area contributed by atoms with E-state index in [0.717, 1.165) is 74.0 Å². The Morgan fingerprint density at radius 1 is 1.04 bits per heavy atom. The maximum atomic E-state index is 14.2. The van der Waals surface area contributed by atoms with E-state index in [1.54, 1.807) is 30.4 Å². The number of carbonyl (C=O) groups excluding carboxylic acids is 1. The summed E-state index contributed by atoms with van der Waals surface area (Å²) in [5.74, 6) is 1.29. The van der Waals surface area contributed by atoms with Crippen LogP contribution in [0, 0.1) is 12.7 Å². The highest BCUT2D eigenvalue weighted by molar-refractivity contribution is 7.23. The molecule has 6 aromatic rings. The van der Waals surface area contributed by atoms with Crippen molar-refractivity contribution in [3.05, 3.63) is 111 Å². The average molecular weight is 677 g/mol. The van der Waals surface area contributed by atoms with Gasteiger partial charge in [0.25, 0.3) is 5.91 Å². The van der Waals surface area contributed by atoms with E-state index >= 15 is 0 Å². The number of benzene rings is 2. The lowest BCUT2D eigenvalue weighted by molar-refractivity contribution is 0.0776. The molecule has 0 spiro atoms. The van der Waals surface area contributed by atoms with Gasteiger partial charge in [0, 0.05) is 35.1 Å². The Bertz CT molecular complexity index is 2250. The minimum absolute atomic E-state index is 0.00674. The first-order valence-corrected chi connectivity index (χ1v) is 17.5. The van der Waals surface area contributed by atoms with Gasteiger partial charge in [-0.3, -0.25) is 9.78 Å². The van der Waals surface area contributed by atoms with Crippen molar-refractivity contribution < 1.29 is 13.6 Å². The lowest BCUT2D eigenvalue weighted by Gasteiger charge is -2.16. The van der Waals surface area contributed by atoms with Crippen molar-refractivity contribution in [2.45, 2.75) is 57.5 Å². The number of halogens is 2. The summed E-state index contributed by atoms with van der Waals surface area (Å²) >= 11 is 7.89. The Balaban J connectivity index is 1.21. The van der Waals surface area contributed by atoms with E-state index in [1.807, 2.05) is 23.2 Å². The molecule has 1 fully saturated rings. The molecule has 2 aliphatic heterocycles. The second-order valence-corrected chi connectivity index (χ2v) is 14.2. The molecule has 6 heterocycles. The first kappa shape index (κ1) is 29.5. The summed E-state index contributed by atoms with van der Waals surface area (Å²) < 4.78 is 20.8. The van der Waals surface area contributed by atoms with Gasteiger partial charge in [-0.2, -0.15) is 0 Å². The van der Waals surface area contributed by atoms with Gasteiger partial charge in [-0.25, -0.2) is 9.37 Å². The molecule has 1 amide bonds. The van der Waals surface area contributed by atoms with Gasteiger partial charge >= 0.3 is 0 Å². The summed E-state index contributed by atoms with van der Waals surface area (Å²) in [6.45, 7) is 2.46. The highest BCUT2D eigenvalue weighted by atomic mass is 35.5. The summed E-state index contributed by atoms with van der Waals surface area (Å²) in [6.07, 6.45) is 6.74. The first-order chi connectivity index (χ1) is 23.4. The summed E-state index contributed by atoms with van der Waals surface area (Å²) in [7, 11) is 0.